The van der Waals surface area contributed by atoms with E-state index >= 15 is 0 Å². The molecule has 1 unspecified atom stereocenters. The zero-order chi connectivity index (χ0) is 17.9. The van der Waals surface area contributed by atoms with Crippen LogP contribution < -0.4 is 10.5 Å². The van der Waals surface area contributed by atoms with Crippen LogP contribution in [0.4, 0.5) is 0 Å². The molecule has 130 valence electrons. The number of nitrogens with two attached hydrogens (primary N) is 1. The summed E-state index contributed by atoms with van der Waals surface area (Å²) in [6.07, 6.45) is 0. The predicted octanol–water partition coefficient (Wildman–Crippen LogP) is 4.14. The van der Waals surface area contributed by atoms with Gasteiger partial charge < -0.3 is 15.2 Å². The first kappa shape index (κ1) is 19.7. The van der Waals surface area contributed by atoms with Crippen LogP contribution in [0.5, 0.6) is 5.75 Å². The number of carbonyl (C=O) groups excluding carboxylic acids is 1. The molecular formula is C20H27NO3. The van der Waals surface area contributed by atoms with Gasteiger partial charge in [-0.1, -0.05) is 57.2 Å². The Labute approximate surface area is 144 Å². The van der Waals surface area contributed by atoms with Gasteiger partial charge in [0.25, 0.3) is 0 Å². The van der Waals surface area contributed by atoms with E-state index in [1.807, 2.05) is 57.2 Å². The molecule has 2 aromatic carbocycles. The molecule has 2 N–H and O–H groups in total. The SMILES string of the molecule is CC.COC(=O)c1cc(C(C)CN)ccc1OCc1ccccc1. The van der Waals surface area contributed by atoms with Gasteiger partial charge in [-0.15, -0.1) is 0 Å². The molecule has 1 atom stereocenters. The largest absolute Gasteiger partial charge is 0.488 e. The minimum Gasteiger partial charge on any atom is -0.488 e. The molecule has 0 aliphatic rings. The van der Waals surface area contributed by atoms with Gasteiger partial charge in [0.2, 0.25) is 0 Å². The zero-order valence-corrected chi connectivity index (χ0v) is 14.9. The number of hydrogen-bond acceptors (Lipinski definition) is 4. The number of esters is 1. The molecule has 0 aliphatic heterocycles. The van der Waals surface area contributed by atoms with Crippen molar-refractivity contribution >= 4 is 5.97 Å². The Hall–Kier alpha value is -2.33. The molecule has 2 rings (SSSR count). The molecule has 0 heterocycles. The summed E-state index contributed by atoms with van der Waals surface area (Å²) in [6.45, 7) is 6.93. The normalized spacial score (nSPS) is 11.0. The summed E-state index contributed by atoms with van der Waals surface area (Å²) in [7, 11) is 1.36. The summed E-state index contributed by atoms with van der Waals surface area (Å²) in [6, 6.07) is 15.3. The highest BCUT2D eigenvalue weighted by molar-refractivity contribution is 5.92. The van der Waals surface area contributed by atoms with Crippen LogP contribution in [0.2, 0.25) is 0 Å². The van der Waals surface area contributed by atoms with Crippen molar-refractivity contribution in [1.82, 2.24) is 0 Å². The fraction of sp³-hybridized carbons (Fsp3) is 0.350. The van der Waals surface area contributed by atoms with E-state index in [0.29, 0.717) is 24.5 Å². The van der Waals surface area contributed by atoms with Crippen molar-refractivity contribution in [3.63, 3.8) is 0 Å². The summed E-state index contributed by atoms with van der Waals surface area (Å²) in [5, 5.41) is 0. The summed E-state index contributed by atoms with van der Waals surface area (Å²) >= 11 is 0. The van der Waals surface area contributed by atoms with Crippen LogP contribution in [0.3, 0.4) is 0 Å². The fourth-order valence-electron chi connectivity index (χ4n) is 2.12. The Morgan fingerprint density at radius 3 is 2.38 bits per heavy atom. The van der Waals surface area contributed by atoms with Gasteiger partial charge >= 0.3 is 5.97 Å². The molecule has 0 bridgehead atoms. The lowest BCUT2D eigenvalue weighted by atomic mass is 9.98. The van der Waals surface area contributed by atoms with E-state index in [-0.39, 0.29) is 5.92 Å². The van der Waals surface area contributed by atoms with Gasteiger partial charge in [-0.05, 0) is 35.7 Å². The number of methoxy groups -OCH3 is 1. The molecule has 0 aromatic heterocycles. The van der Waals surface area contributed by atoms with E-state index < -0.39 is 5.97 Å². The van der Waals surface area contributed by atoms with Crippen LogP contribution in [0.1, 0.15) is 48.2 Å². The highest BCUT2D eigenvalue weighted by atomic mass is 16.5. The quantitative estimate of drug-likeness (QED) is 0.809. The maximum atomic E-state index is 12.0. The third-order valence-electron chi connectivity index (χ3n) is 3.57. The molecule has 24 heavy (non-hydrogen) atoms. The fourth-order valence-corrected chi connectivity index (χ4v) is 2.12. The summed E-state index contributed by atoms with van der Waals surface area (Å²) in [4.78, 5) is 12.0. The Balaban J connectivity index is 0.00000139. The first-order valence-electron chi connectivity index (χ1n) is 8.24. The van der Waals surface area contributed by atoms with Crippen molar-refractivity contribution in [3.05, 3.63) is 65.2 Å². The second-order valence-electron chi connectivity index (χ2n) is 5.16. The Morgan fingerprint density at radius 2 is 1.79 bits per heavy atom. The molecule has 2 aromatic rings. The molecule has 4 nitrogen and oxygen atoms in total. The van der Waals surface area contributed by atoms with Crippen molar-refractivity contribution in [2.45, 2.75) is 33.3 Å². The first-order chi connectivity index (χ1) is 11.7. The van der Waals surface area contributed by atoms with Crippen LogP contribution in [-0.4, -0.2) is 19.6 Å². The zero-order valence-electron chi connectivity index (χ0n) is 14.9. The summed E-state index contributed by atoms with van der Waals surface area (Å²) in [5.74, 6) is 0.282. The predicted molar refractivity (Wildman–Crippen MR) is 97.4 cm³/mol. The van der Waals surface area contributed by atoms with Gasteiger partial charge in [-0.3, -0.25) is 0 Å². The molecule has 0 aliphatic carbocycles. The topological polar surface area (TPSA) is 61.5 Å². The van der Waals surface area contributed by atoms with E-state index in [1.54, 1.807) is 12.1 Å². The van der Waals surface area contributed by atoms with Crippen LogP contribution in [-0.2, 0) is 11.3 Å². The van der Waals surface area contributed by atoms with Crippen molar-refractivity contribution in [1.29, 1.82) is 0 Å². The minimum atomic E-state index is -0.408. The van der Waals surface area contributed by atoms with E-state index in [1.165, 1.54) is 7.11 Å². The monoisotopic (exact) mass is 329 g/mol. The third-order valence-corrected chi connectivity index (χ3v) is 3.57. The first-order valence-corrected chi connectivity index (χ1v) is 8.24. The van der Waals surface area contributed by atoms with Gasteiger partial charge in [0.15, 0.2) is 0 Å². The van der Waals surface area contributed by atoms with Crippen LogP contribution >= 0.6 is 0 Å². The van der Waals surface area contributed by atoms with E-state index in [9.17, 15) is 4.79 Å². The van der Waals surface area contributed by atoms with Crippen molar-refractivity contribution in [2.75, 3.05) is 13.7 Å². The highest BCUT2D eigenvalue weighted by Gasteiger charge is 2.16. The summed E-state index contributed by atoms with van der Waals surface area (Å²) in [5.41, 5.74) is 8.15. The lowest BCUT2D eigenvalue weighted by Gasteiger charge is -2.14. The van der Waals surface area contributed by atoms with Gasteiger partial charge in [-0.2, -0.15) is 0 Å². The number of carbonyl (C=O) groups is 1. The lowest BCUT2D eigenvalue weighted by Crippen LogP contribution is -2.11. The van der Waals surface area contributed by atoms with Crippen LogP contribution in [0.25, 0.3) is 0 Å². The Morgan fingerprint density at radius 1 is 1.12 bits per heavy atom. The Kier molecular flexibility index (Phi) is 8.58. The van der Waals surface area contributed by atoms with E-state index in [2.05, 4.69) is 0 Å². The maximum absolute atomic E-state index is 12.0. The summed E-state index contributed by atoms with van der Waals surface area (Å²) < 4.78 is 10.6. The van der Waals surface area contributed by atoms with Crippen LogP contribution in [0, 0.1) is 0 Å². The molecule has 4 heteroatoms. The smallest absolute Gasteiger partial charge is 0.341 e. The van der Waals surface area contributed by atoms with Crippen LogP contribution in [0.15, 0.2) is 48.5 Å². The van der Waals surface area contributed by atoms with Gasteiger partial charge in [-0.25, -0.2) is 4.79 Å². The molecule has 0 amide bonds. The number of rotatable bonds is 6. The number of ether oxygens (including phenoxy) is 2. The van der Waals surface area contributed by atoms with E-state index in [0.717, 1.165) is 11.1 Å². The second-order valence-corrected chi connectivity index (χ2v) is 5.16. The second kappa shape index (κ2) is 10.4. The molecule has 0 saturated carbocycles. The standard InChI is InChI=1S/C18H21NO3.C2H6/c1-13(11-19)15-8-9-17(16(10-15)18(20)21-2)22-12-14-6-4-3-5-7-14;1-2/h3-10,13H,11-12,19H2,1-2H3;1-2H3. The van der Waals surface area contributed by atoms with E-state index in [4.69, 9.17) is 15.2 Å². The minimum absolute atomic E-state index is 0.173. The highest BCUT2D eigenvalue weighted by Crippen LogP contribution is 2.25. The Bertz CT molecular complexity index is 626. The average molecular weight is 329 g/mol. The lowest BCUT2D eigenvalue weighted by molar-refractivity contribution is 0.0595. The van der Waals surface area contributed by atoms with Gasteiger partial charge in [0, 0.05) is 0 Å². The van der Waals surface area contributed by atoms with Crippen molar-refractivity contribution < 1.29 is 14.3 Å². The molecule has 0 fully saturated rings. The molecule has 0 spiro atoms. The van der Waals surface area contributed by atoms with Gasteiger partial charge in [0.05, 0.1) is 7.11 Å². The number of benzene rings is 2. The van der Waals surface area contributed by atoms with Crippen molar-refractivity contribution in [2.24, 2.45) is 5.73 Å². The van der Waals surface area contributed by atoms with Gasteiger partial charge in [0.1, 0.15) is 17.9 Å². The van der Waals surface area contributed by atoms with Crippen molar-refractivity contribution in [3.8, 4) is 5.75 Å². The third kappa shape index (κ3) is 5.39. The molecule has 0 saturated heterocycles. The average Bonchev–Trinajstić information content (AvgIpc) is 2.67. The number of hydrogen-bond donors (Lipinski definition) is 1. The molecule has 0 radical (unpaired) electrons. The molecular weight excluding hydrogens is 302 g/mol. The maximum Gasteiger partial charge on any atom is 0.341 e.